The van der Waals surface area contributed by atoms with E-state index in [9.17, 15) is 13.2 Å². The second-order valence-electron chi connectivity index (χ2n) is 7.32. The van der Waals surface area contributed by atoms with Gasteiger partial charge in [0.2, 0.25) is 10.0 Å². The topological polar surface area (TPSA) is 84.9 Å². The molecule has 0 fully saturated rings. The van der Waals surface area contributed by atoms with Crippen molar-refractivity contribution in [2.45, 2.75) is 13.0 Å². The second kappa shape index (κ2) is 10.4. The molecule has 174 valence electrons. The highest BCUT2D eigenvalue weighted by Gasteiger charge is 2.27. The van der Waals surface area contributed by atoms with Gasteiger partial charge in [0.15, 0.2) is 11.5 Å². The standard InChI is InChI=1S/C25H28N2O5S/c1-5-33(29,30)27(2)21-17-23(32-4)22(31-3)16-20(21)25(28)26-24(18-12-8-6-9-13-18)19-14-10-7-11-15-19/h6-17,24H,5H2,1-4H3,(H,26,28). The average molecular weight is 469 g/mol. The van der Waals surface area contributed by atoms with Crippen LogP contribution in [0.2, 0.25) is 0 Å². The van der Waals surface area contributed by atoms with Gasteiger partial charge in [-0.25, -0.2) is 8.42 Å². The summed E-state index contributed by atoms with van der Waals surface area (Å²) in [7, 11) is 0.707. The van der Waals surface area contributed by atoms with Crippen LogP contribution in [0.5, 0.6) is 11.5 Å². The van der Waals surface area contributed by atoms with Crippen LogP contribution < -0.4 is 19.1 Å². The number of carbonyl (C=O) groups is 1. The largest absolute Gasteiger partial charge is 0.493 e. The molecule has 3 aromatic rings. The van der Waals surface area contributed by atoms with Gasteiger partial charge in [0, 0.05) is 13.1 Å². The maximum absolute atomic E-state index is 13.6. The predicted octanol–water partition coefficient (Wildman–Crippen LogP) is 4.01. The fourth-order valence-corrected chi connectivity index (χ4v) is 4.35. The number of carbonyl (C=O) groups excluding carboxylic acids is 1. The third-order valence-electron chi connectivity index (χ3n) is 5.41. The van der Waals surface area contributed by atoms with Crippen LogP contribution in [0.25, 0.3) is 0 Å². The van der Waals surface area contributed by atoms with Gasteiger partial charge in [0.05, 0.1) is 37.3 Å². The van der Waals surface area contributed by atoms with Crippen LogP contribution in [-0.4, -0.2) is 41.3 Å². The Kier molecular flexibility index (Phi) is 7.60. The van der Waals surface area contributed by atoms with Gasteiger partial charge in [-0.1, -0.05) is 60.7 Å². The number of hydrogen-bond donors (Lipinski definition) is 1. The van der Waals surface area contributed by atoms with Gasteiger partial charge in [0.1, 0.15) is 0 Å². The molecule has 0 spiro atoms. The number of amides is 1. The van der Waals surface area contributed by atoms with Gasteiger partial charge in [0.25, 0.3) is 5.91 Å². The third-order valence-corrected chi connectivity index (χ3v) is 7.17. The zero-order valence-corrected chi connectivity index (χ0v) is 19.9. The SMILES string of the molecule is CCS(=O)(=O)N(C)c1cc(OC)c(OC)cc1C(=O)NC(c1ccccc1)c1ccccc1. The molecule has 0 unspecified atom stereocenters. The summed E-state index contributed by atoms with van der Waals surface area (Å²) in [6, 6.07) is 21.7. The maximum atomic E-state index is 13.6. The van der Waals surface area contributed by atoms with Crippen molar-refractivity contribution in [3.63, 3.8) is 0 Å². The number of anilines is 1. The fourth-order valence-electron chi connectivity index (χ4n) is 3.51. The number of hydrogen-bond acceptors (Lipinski definition) is 5. The van der Waals surface area contributed by atoms with Crippen molar-refractivity contribution in [2.24, 2.45) is 0 Å². The molecule has 7 nitrogen and oxygen atoms in total. The lowest BCUT2D eigenvalue weighted by atomic mass is 9.98. The van der Waals surface area contributed by atoms with Gasteiger partial charge in [-0.2, -0.15) is 0 Å². The molecule has 3 rings (SSSR count). The molecule has 0 radical (unpaired) electrons. The van der Waals surface area contributed by atoms with Crippen LogP contribution in [0.15, 0.2) is 72.8 Å². The monoisotopic (exact) mass is 468 g/mol. The van der Waals surface area contributed by atoms with E-state index in [0.717, 1.165) is 15.4 Å². The Morgan fingerprint density at radius 1 is 0.909 bits per heavy atom. The Morgan fingerprint density at radius 2 is 1.39 bits per heavy atom. The molecule has 0 atom stereocenters. The Bertz CT molecular complexity index is 1160. The van der Waals surface area contributed by atoms with Gasteiger partial charge >= 0.3 is 0 Å². The fraction of sp³-hybridized carbons (Fsp3) is 0.240. The smallest absolute Gasteiger partial charge is 0.254 e. The third kappa shape index (κ3) is 5.28. The van der Waals surface area contributed by atoms with E-state index in [0.29, 0.717) is 11.5 Å². The van der Waals surface area contributed by atoms with E-state index in [2.05, 4.69) is 5.32 Å². The first kappa shape index (κ1) is 24.1. The quantitative estimate of drug-likeness (QED) is 0.513. The molecular formula is C25H28N2O5S. The molecule has 0 bridgehead atoms. The molecular weight excluding hydrogens is 440 g/mol. The van der Waals surface area contributed by atoms with E-state index >= 15 is 0 Å². The van der Waals surface area contributed by atoms with Crippen molar-refractivity contribution in [3.05, 3.63) is 89.5 Å². The molecule has 0 aliphatic carbocycles. The molecule has 0 saturated heterocycles. The molecule has 1 N–H and O–H groups in total. The Hall–Kier alpha value is -3.52. The zero-order valence-electron chi connectivity index (χ0n) is 19.1. The molecule has 8 heteroatoms. The van der Waals surface area contributed by atoms with E-state index in [1.807, 2.05) is 60.7 Å². The number of ether oxygens (including phenoxy) is 2. The normalized spacial score (nSPS) is 11.2. The summed E-state index contributed by atoms with van der Waals surface area (Å²) in [6.07, 6.45) is 0. The van der Waals surface area contributed by atoms with Crippen LogP contribution >= 0.6 is 0 Å². The van der Waals surface area contributed by atoms with E-state index in [1.54, 1.807) is 6.92 Å². The average Bonchev–Trinajstić information content (AvgIpc) is 2.86. The Labute approximate surface area is 195 Å². The maximum Gasteiger partial charge on any atom is 0.254 e. The van der Waals surface area contributed by atoms with Gasteiger partial charge in [-0.15, -0.1) is 0 Å². The predicted molar refractivity (Wildman–Crippen MR) is 130 cm³/mol. The van der Waals surface area contributed by atoms with Crippen molar-refractivity contribution in [2.75, 3.05) is 31.3 Å². The van der Waals surface area contributed by atoms with E-state index in [4.69, 9.17) is 9.47 Å². The van der Waals surface area contributed by atoms with Gasteiger partial charge in [-0.3, -0.25) is 9.10 Å². The summed E-state index contributed by atoms with van der Waals surface area (Å²) in [6.45, 7) is 1.55. The molecule has 0 aliphatic heterocycles. The lowest BCUT2D eigenvalue weighted by Gasteiger charge is -2.25. The summed E-state index contributed by atoms with van der Waals surface area (Å²) in [5.74, 6) is 0.0894. The van der Waals surface area contributed by atoms with Gasteiger partial charge in [-0.05, 0) is 24.1 Å². The molecule has 33 heavy (non-hydrogen) atoms. The van der Waals surface area contributed by atoms with Crippen LogP contribution in [0, 0.1) is 0 Å². The number of sulfonamides is 1. The van der Waals surface area contributed by atoms with Crippen LogP contribution in [0.4, 0.5) is 5.69 Å². The number of nitrogens with one attached hydrogen (secondary N) is 1. The molecule has 3 aromatic carbocycles. The summed E-state index contributed by atoms with van der Waals surface area (Å²) in [5, 5.41) is 3.06. The summed E-state index contributed by atoms with van der Waals surface area (Å²) >= 11 is 0. The summed E-state index contributed by atoms with van der Waals surface area (Å²) in [4.78, 5) is 13.6. The van der Waals surface area contributed by atoms with E-state index in [-0.39, 0.29) is 17.0 Å². The van der Waals surface area contributed by atoms with Crippen LogP contribution in [-0.2, 0) is 10.0 Å². The minimum Gasteiger partial charge on any atom is -0.493 e. The minimum absolute atomic E-state index is 0.116. The van der Waals surface area contributed by atoms with Crippen molar-refractivity contribution in [1.82, 2.24) is 5.32 Å². The van der Waals surface area contributed by atoms with E-state index in [1.165, 1.54) is 33.4 Å². The Balaban J connectivity index is 2.11. The summed E-state index contributed by atoms with van der Waals surface area (Å²) < 4.78 is 37.1. The first-order chi connectivity index (χ1) is 15.8. The highest BCUT2D eigenvalue weighted by atomic mass is 32.2. The zero-order chi connectivity index (χ0) is 24.0. The van der Waals surface area contributed by atoms with Crippen molar-refractivity contribution >= 4 is 21.6 Å². The lowest BCUT2D eigenvalue weighted by molar-refractivity contribution is 0.0943. The minimum atomic E-state index is -3.63. The van der Waals surface area contributed by atoms with Gasteiger partial charge < -0.3 is 14.8 Å². The molecule has 0 heterocycles. The van der Waals surface area contributed by atoms with Crippen LogP contribution in [0.1, 0.15) is 34.5 Å². The number of benzene rings is 3. The molecule has 0 aromatic heterocycles. The highest BCUT2D eigenvalue weighted by Crippen LogP contribution is 2.36. The van der Waals surface area contributed by atoms with E-state index < -0.39 is 22.0 Å². The highest BCUT2D eigenvalue weighted by molar-refractivity contribution is 7.92. The van der Waals surface area contributed by atoms with Crippen LogP contribution in [0.3, 0.4) is 0 Å². The number of rotatable bonds is 9. The lowest BCUT2D eigenvalue weighted by Crippen LogP contribution is -2.33. The number of methoxy groups -OCH3 is 2. The first-order valence-corrected chi connectivity index (χ1v) is 12.1. The van der Waals surface area contributed by atoms with Crippen molar-refractivity contribution < 1.29 is 22.7 Å². The molecule has 1 amide bonds. The second-order valence-corrected chi connectivity index (χ2v) is 9.61. The Morgan fingerprint density at radius 3 is 1.85 bits per heavy atom. The summed E-state index contributed by atoms with van der Waals surface area (Å²) in [5.41, 5.74) is 2.15. The molecule has 0 aliphatic rings. The van der Waals surface area contributed by atoms with Crippen molar-refractivity contribution in [1.29, 1.82) is 0 Å². The first-order valence-electron chi connectivity index (χ1n) is 10.5. The molecule has 0 saturated carbocycles. The number of nitrogens with zero attached hydrogens (tertiary/aromatic N) is 1. The van der Waals surface area contributed by atoms with Crippen molar-refractivity contribution in [3.8, 4) is 11.5 Å².